The number of nitrogens with zero attached hydrogens (tertiary/aromatic N) is 2. The van der Waals surface area contributed by atoms with E-state index in [1.54, 1.807) is 0 Å². The Bertz CT molecular complexity index is 877. The molecular weight excluding hydrogens is 300 g/mol. The molecule has 5 heteroatoms. The average molecular weight is 322 g/mol. The highest BCUT2D eigenvalue weighted by atomic mass is 16.1. The number of imidazole rings is 1. The predicted molar refractivity (Wildman–Crippen MR) is 93.8 cm³/mol. The second-order valence-corrected chi connectivity index (χ2v) is 6.55. The minimum atomic E-state index is 0.0544. The maximum atomic E-state index is 12.5. The van der Waals surface area contributed by atoms with Gasteiger partial charge < -0.3 is 14.9 Å². The van der Waals surface area contributed by atoms with Crippen molar-refractivity contribution in [1.29, 1.82) is 0 Å². The molecule has 0 radical (unpaired) electrons. The van der Waals surface area contributed by atoms with Crippen LogP contribution in [0.4, 0.5) is 0 Å². The van der Waals surface area contributed by atoms with Gasteiger partial charge in [0.05, 0.1) is 5.69 Å². The summed E-state index contributed by atoms with van der Waals surface area (Å²) in [6.07, 6.45) is 4.63. The highest BCUT2D eigenvalue weighted by molar-refractivity contribution is 5.80. The molecule has 4 rings (SSSR count). The maximum Gasteiger partial charge on any atom is 0.223 e. The molecule has 2 aromatic heterocycles. The third-order valence-corrected chi connectivity index (χ3v) is 4.87. The summed E-state index contributed by atoms with van der Waals surface area (Å²) in [6.45, 7) is 3.41. The molecule has 2 heterocycles. The van der Waals surface area contributed by atoms with Crippen molar-refractivity contribution in [1.82, 2.24) is 19.9 Å². The second kappa shape index (κ2) is 6.15. The van der Waals surface area contributed by atoms with Crippen molar-refractivity contribution in [3.63, 3.8) is 0 Å². The third kappa shape index (κ3) is 2.82. The van der Waals surface area contributed by atoms with E-state index in [1.165, 1.54) is 10.9 Å². The normalized spacial score (nSPS) is 17.0. The number of nitrogens with one attached hydrogen (secondary N) is 2. The summed E-state index contributed by atoms with van der Waals surface area (Å²) in [5.74, 6) is 1.16. The number of rotatable bonds is 4. The van der Waals surface area contributed by atoms with Crippen molar-refractivity contribution in [3.8, 4) is 0 Å². The Balaban J connectivity index is 1.34. The van der Waals surface area contributed by atoms with E-state index in [2.05, 4.69) is 44.2 Å². The number of H-pyrrole nitrogens is 1. The van der Waals surface area contributed by atoms with Gasteiger partial charge in [-0.3, -0.25) is 4.79 Å². The monoisotopic (exact) mass is 322 g/mol. The fourth-order valence-corrected chi connectivity index (χ4v) is 3.63. The summed E-state index contributed by atoms with van der Waals surface area (Å²) in [6, 6.07) is 10.4. The SMILES string of the molecule is Cc1nc2c([nH]1)C[C@@H](C(=O)NCCn1ccc3ccccc31)CC2. The summed E-state index contributed by atoms with van der Waals surface area (Å²) < 4.78 is 2.19. The van der Waals surface area contributed by atoms with E-state index in [4.69, 9.17) is 0 Å². The minimum Gasteiger partial charge on any atom is -0.354 e. The second-order valence-electron chi connectivity index (χ2n) is 6.55. The van der Waals surface area contributed by atoms with Crippen molar-refractivity contribution >= 4 is 16.8 Å². The molecular formula is C19H22N4O. The highest BCUT2D eigenvalue weighted by Gasteiger charge is 2.26. The number of hydrogen-bond donors (Lipinski definition) is 2. The lowest BCUT2D eigenvalue weighted by atomic mass is 9.89. The maximum absolute atomic E-state index is 12.5. The number of aryl methyl sites for hydroxylation is 2. The van der Waals surface area contributed by atoms with E-state index in [9.17, 15) is 4.79 Å². The average Bonchev–Trinajstić information content (AvgIpc) is 3.16. The predicted octanol–water partition coefficient (Wildman–Crippen LogP) is 2.59. The van der Waals surface area contributed by atoms with Gasteiger partial charge in [-0.2, -0.15) is 0 Å². The molecule has 124 valence electrons. The molecule has 2 N–H and O–H groups in total. The summed E-state index contributed by atoms with van der Waals surface area (Å²) in [4.78, 5) is 20.2. The molecule has 3 aromatic rings. The minimum absolute atomic E-state index is 0.0544. The van der Waals surface area contributed by atoms with Gasteiger partial charge in [-0.15, -0.1) is 0 Å². The van der Waals surface area contributed by atoms with Crippen LogP contribution in [-0.2, 0) is 24.2 Å². The fourth-order valence-electron chi connectivity index (χ4n) is 3.63. The molecule has 24 heavy (non-hydrogen) atoms. The molecule has 1 aliphatic rings. The number of fused-ring (bicyclic) bond motifs is 2. The van der Waals surface area contributed by atoms with Gasteiger partial charge in [-0.25, -0.2) is 4.98 Å². The fraction of sp³-hybridized carbons (Fsp3) is 0.368. The summed E-state index contributed by atoms with van der Waals surface area (Å²) >= 11 is 0. The number of amides is 1. The van der Waals surface area contributed by atoms with Crippen molar-refractivity contribution in [3.05, 3.63) is 53.7 Å². The first-order valence-electron chi connectivity index (χ1n) is 8.56. The standard InChI is InChI=1S/C19H22N4O/c1-13-21-16-7-6-15(12-17(16)22-13)19(24)20-9-11-23-10-8-14-4-2-3-5-18(14)23/h2-5,8,10,15H,6-7,9,11-12H2,1H3,(H,20,24)(H,21,22)/t15-/m0/s1. The van der Waals surface area contributed by atoms with Crippen LogP contribution in [-0.4, -0.2) is 27.0 Å². The van der Waals surface area contributed by atoms with Gasteiger partial charge in [0.15, 0.2) is 0 Å². The summed E-state index contributed by atoms with van der Waals surface area (Å²) in [5.41, 5.74) is 3.48. The molecule has 0 aliphatic heterocycles. The first-order chi connectivity index (χ1) is 11.7. The smallest absolute Gasteiger partial charge is 0.223 e. The molecule has 0 spiro atoms. The van der Waals surface area contributed by atoms with E-state index < -0.39 is 0 Å². The number of carbonyl (C=O) groups excluding carboxylic acids is 1. The molecule has 0 unspecified atom stereocenters. The zero-order chi connectivity index (χ0) is 16.5. The Kier molecular flexibility index (Phi) is 3.84. The molecule has 0 bridgehead atoms. The number of benzene rings is 1. The molecule has 5 nitrogen and oxygen atoms in total. The Labute approximate surface area is 141 Å². The van der Waals surface area contributed by atoms with Gasteiger partial charge in [0, 0.05) is 42.8 Å². The van der Waals surface area contributed by atoms with Crippen LogP contribution < -0.4 is 5.32 Å². The number of para-hydroxylation sites is 1. The zero-order valence-corrected chi connectivity index (χ0v) is 13.9. The first kappa shape index (κ1) is 15.0. The quantitative estimate of drug-likeness (QED) is 0.775. The van der Waals surface area contributed by atoms with Crippen LogP contribution >= 0.6 is 0 Å². The molecule has 0 saturated heterocycles. The summed E-state index contributed by atoms with van der Waals surface area (Å²) in [5, 5.41) is 4.33. The van der Waals surface area contributed by atoms with E-state index in [0.717, 1.165) is 43.0 Å². The van der Waals surface area contributed by atoms with Crippen LogP contribution in [0.15, 0.2) is 36.5 Å². The zero-order valence-electron chi connectivity index (χ0n) is 13.9. The Hall–Kier alpha value is -2.56. The summed E-state index contributed by atoms with van der Waals surface area (Å²) in [7, 11) is 0. The molecule has 1 aromatic carbocycles. The van der Waals surface area contributed by atoms with Crippen LogP contribution in [0.3, 0.4) is 0 Å². The third-order valence-electron chi connectivity index (χ3n) is 4.87. The van der Waals surface area contributed by atoms with Gasteiger partial charge >= 0.3 is 0 Å². The van der Waals surface area contributed by atoms with Crippen LogP contribution in [0.1, 0.15) is 23.6 Å². The van der Waals surface area contributed by atoms with Gasteiger partial charge in [0.1, 0.15) is 5.82 Å². The van der Waals surface area contributed by atoms with E-state index >= 15 is 0 Å². The lowest BCUT2D eigenvalue weighted by molar-refractivity contribution is -0.125. The first-order valence-corrected chi connectivity index (χ1v) is 8.56. The molecule has 0 fully saturated rings. The van der Waals surface area contributed by atoms with Crippen molar-refractivity contribution in [2.24, 2.45) is 5.92 Å². The van der Waals surface area contributed by atoms with Crippen LogP contribution in [0.2, 0.25) is 0 Å². The Morgan fingerprint density at radius 2 is 2.25 bits per heavy atom. The lowest BCUT2D eigenvalue weighted by Crippen LogP contribution is -2.35. The number of aromatic amines is 1. The Morgan fingerprint density at radius 3 is 3.17 bits per heavy atom. The van der Waals surface area contributed by atoms with E-state index in [-0.39, 0.29) is 11.8 Å². The Morgan fingerprint density at radius 1 is 1.38 bits per heavy atom. The van der Waals surface area contributed by atoms with E-state index in [0.29, 0.717) is 6.54 Å². The molecule has 0 saturated carbocycles. The van der Waals surface area contributed by atoms with Crippen molar-refractivity contribution in [2.45, 2.75) is 32.7 Å². The van der Waals surface area contributed by atoms with Gasteiger partial charge in [0.2, 0.25) is 5.91 Å². The van der Waals surface area contributed by atoms with E-state index in [1.807, 2.05) is 19.1 Å². The van der Waals surface area contributed by atoms with Gasteiger partial charge in [-0.05, 0) is 37.3 Å². The largest absolute Gasteiger partial charge is 0.354 e. The van der Waals surface area contributed by atoms with Crippen LogP contribution in [0.25, 0.3) is 10.9 Å². The van der Waals surface area contributed by atoms with Crippen LogP contribution in [0.5, 0.6) is 0 Å². The number of carbonyl (C=O) groups is 1. The van der Waals surface area contributed by atoms with Gasteiger partial charge in [-0.1, -0.05) is 18.2 Å². The number of hydrogen-bond acceptors (Lipinski definition) is 2. The number of aromatic nitrogens is 3. The van der Waals surface area contributed by atoms with Gasteiger partial charge in [0.25, 0.3) is 0 Å². The van der Waals surface area contributed by atoms with Crippen molar-refractivity contribution in [2.75, 3.05) is 6.54 Å². The van der Waals surface area contributed by atoms with Crippen LogP contribution in [0, 0.1) is 12.8 Å². The lowest BCUT2D eigenvalue weighted by Gasteiger charge is -2.20. The molecule has 1 amide bonds. The topological polar surface area (TPSA) is 62.7 Å². The molecule has 1 aliphatic carbocycles. The van der Waals surface area contributed by atoms with Crippen molar-refractivity contribution < 1.29 is 4.79 Å². The highest BCUT2D eigenvalue weighted by Crippen LogP contribution is 2.24. The molecule has 1 atom stereocenters.